The molecule has 0 saturated carbocycles. The number of carbonyl (C=O) groups excluding carboxylic acids is 1. The first-order chi connectivity index (χ1) is 15.5. The lowest BCUT2D eigenvalue weighted by Gasteiger charge is -2.04. The molecule has 0 radical (unpaired) electrons. The Morgan fingerprint density at radius 3 is 2.38 bits per heavy atom. The maximum Gasteiger partial charge on any atom is 0.194 e. The van der Waals surface area contributed by atoms with Crippen molar-refractivity contribution in [2.75, 3.05) is 0 Å². The second kappa shape index (κ2) is 7.42. The minimum absolute atomic E-state index is 0.101. The lowest BCUT2D eigenvalue weighted by Crippen LogP contribution is -1.95. The second-order valence-corrected chi connectivity index (χ2v) is 7.84. The number of hydrogen-bond donors (Lipinski definition) is 0. The largest absolute Gasteiger partial charge is 0.455 e. The fraction of sp³-hybridized carbons (Fsp3) is 0.0385. The van der Waals surface area contributed by atoms with E-state index in [1.807, 2.05) is 60.2 Å². The first kappa shape index (κ1) is 19.6. The number of allylic oxidation sites excluding steroid dienone is 3. The third-order valence-electron chi connectivity index (χ3n) is 5.60. The van der Waals surface area contributed by atoms with Gasteiger partial charge in [-0.3, -0.25) is 4.79 Å². The number of fused-ring (bicyclic) bond motifs is 2. The fourth-order valence-corrected chi connectivity index (χ4v) is 4.21. The highest BCUT2D eigenvalue weighted by atomic mass is 35.5. The third-order valence-corrected chi connectivity index (χ3v) is 5.86. The van der Waals surface area contributed by atoms with Gasteiger partial charge < -0.3 is 8.98 Å². The lowest BCUT2D eigenvalue weighted by molar-refractivity contribution is 0.104. The predicted octanol–water partition coefficient (Wildman–Crippen LogP) is 6.17. The Balaban J connectivity index is 1.63. The van der Waals surface area contributed by atoms with Gasteiger partial charge in [-0.1, -0.05) is 48.0 Å². The predicted molar refractivity (Wildman–Crippen MR) is 123 cm³/mol. The van der Waals surface area contributed by atoms with Crippen molar-refractivity contribution in [2.24, 2.45) is 7.05 Å². The van der Waals surface area contributed by atoms with E-state index in [2.05, 4.69) is 0 Å². The highest BCUT2D eigenvalue weighted by Crippen LogP contribution is 2.40. The molecule has 0 amide bonds. The van der Waals surface area contributed by atoms with Gasteiger partial charge in [0.05, 0.1) is 11.2 Å². The van der Waals surface area contributed by atoms with Crippen LogP contribution in [0.2, 0.25) is 5.02 Å². The number of rotatable bonds is 2. The zero-order valence-electron chi connectivity index (χ0n) is 16.9. The van der Waals surface area contributed by atoms with Gasteiger partial charge in [-0.15, -0.1) is 0 Å². The molecular weight excluding hydrogens is 422 g/mol. The van der Waals surface area contributed by atoms with E-state index in [9.17, 15) is 15.3 Å². The second-order valence-electron chi connectivity index (χ2n) is 7.40. The summed E-state index contributed by atoms with van der Waals surface area (Å²) in [5.41, 5.74) is 5.07. The molecule has 2 aromatic heterocycles. The van der Waals surface area contributed by atoms with Crippen molar-refractivity contribution in [3.63, 3.8) is 0 Å². The maximum absolute atomic E-state index is 13.1. The van der Waals surface area contributed by atoms with E-state index >= 15 is 0 Å². The summed E-state index contributed by atoms with van der Waals surface area (Å²) >= 11 is 6.00. The molecular formula is C26H14ClN3O2. The summed E-state index contributed by atoms with van der Waals surface area (Å²) in [6, 6.07) is 22.1. The SMILES string of the molecule is Cn1c(-c2ccc(Cl)cc2)cc2oc(/C=C3\C(=O)c4ccccc4C3=C(C#N)C#N)cc21. The molecule has 0 saturated heterocycles. The Kier molecular flexibility index (Phi) is 4.56. The van der Waals surface area contributed by atoms with Crippen LogP contribution in [0.4, 0.5) is 0 Å². The summed E-state index contributed by atoms with van der Waals surface area (Å²) in [4.78, 5) is 13.1. The van der Waals surface area contributed by atoms with E-state index in [-0.39, 0.29) is 16.9 Å². The lowest BCUT2D eigenvalue weighted by atomic mass is 9.99. The Labute approximate surface area is 188 Å². The van der Waals surface area contributed by atoms with Crippen molar-refractivity contribution in [3.05, 3.63) is 93.7 Å². The molecule has 0 atom stereocenters. The standard InChI is InChI=1S/C26H14ClN3O2/c1-30-22(15-6-8-17(27)9-7-15)12-24-23(30)11-18(32-24)10-21-25(16(13-28)14-29)19-4-2-3-5-20(19)26(21)31/h2-12H,1H3/b21-10-. The normalized spacial score (nSPS) is 13.9. The van der Waals surface area contributed by atoms with Crippen LogP contribution in [0.3, 0.4) is 0 Å². The number of ketones is 1. The molecule has 2 aromatic carbocycles. The van der Waals surface area contributed by atoms with Crippen molar-refractivity contribution in [2.45, 2.75) is 0 Å². The molecule has 0 N–H and O–H groups in total. The summed E-state index contributed by atoms with van der Waals surface area (Å²) < 4.78 is 8.02. The number of benzene rings is 2. The van der Waals surface area contributed by atoms with Crippen LogP contribution in [-0.2, 0) is 7.05 Å². The zero-order valence-corrected chi connectivity index (χ0v) is 17.6. The van der Waals surface area contributed by atoms with Crippen LogP contribution < -0.4 is 0 Å². The van der Waals surface area contributed by atoms with Gasteiger partial charge in [0, 0.05) is 40.9 Å². The van der Waals surface area contributed by atoms with Gasteiger partial charge in [0.1, 0.15) is 23.5 Å². The summed E-state index contributed by atoms with van der Waals surface area (Å²) in [6.07, 6.45) is 1.61. The molecule has 0 unspecified atom stereocenters. The van der Waals surface area contributed by atoms with Crippen LogP contribution in [0, 0.1) is 22.7 Å². The van der Waals surface area contributed by atoms with E-state index in [0.29, 0.717) is 33.1 Å². The molecule has 0 fully saturated rings. The number of halogens is 1. The van der Waals surface area contributed by atoms with E-state index in [1.165, 1.54) is 0 Å². The quantitative estimate of drug-likeness (QED) is 0.278. The molecule has 1 aliphatic carbocycles. The van der Waals surface area contributed by atoms with Crippen LogP contribution >= 0.6 is 11.6 Å². The van der Waals surface area contributed by atoms with Gasteiger partial charge in [-0.2, -0.15) is 10.5 Å². The number of Topliss-reactive ketones (excluding diaryl/α,β-unsaturated/α-hetero) is 1. The number of aryl methyl sites for hydroxylation is 1. The Morgan fingerprint density at radius 1 is 1.03 bits per heavy atom. The van der Waals surface area contributed by atoms with Crippen molar-refractivity contribution >= 4 is 40.1 Å². The molecule has 1 aliphatic rings. The maximum atomic E-state index is 13.1. The van der Waals surface area contributed by atoms with Gasteiger partial charge in [0.2, 0.25) is 0 Å². The number of nitrogens with zero attached hydrogens (tertiary/aromatic N) is 3. The van der Waals surface area contributed by atoms with Crippen LogP contribution in [0.5, 0.6) is 0 Å². The van der Waals surface area contributed by atoms with E-state index in [4.69, 9.17) is 16.0 Å². The van der Waals surface area contributed by atoms with E-state index in [1.54, 1.807) is 30.3 Å². The number of furan rings is 1. The fourth-order valence-electron chi connectivity index (χ4n) is 4.09. The molecule has 4 aromatic rings. The van der Waals surface area contributed by atoms with Crippen molar-refractivity contribution in [3.8, 4) is 23.4 Å². The van der Waals surface area contributed by atoms with Crippen LogP contribution in [0.25, 0.3) is 34.0 Å². The minimum Gasteiger partial charge on any atom is -0.455 e. The number of nitriles is 2. The van der Waals surface area contributed by atoms with Crippen LogP contribution in [0.1, 0.15) is 21.7 Å². The monoisotopic (exact) mass is 435 g/mol. The Bertz CT molecular complexity index is 1550. The van der Waals surface area contributed by atoms with Crippen molar-refractivity contribution in [1.29, 1.82) is 10.5 Å². The summed E-state index contributed by atoms with van der Waals surface area (Å²) in [5, 5.41) is 19.6. The van der Waals surface area contributed by atoms with Gasteiger partial charge in [0.25, 0.3) is 0 Å². The topological polar surface area (TPSA) is 82.7 Å². The molecule has 2 heterocycles. The van der Waals surface area contributed by atoms with Gasteiger partial charge in [-0.05, 0) is 29.3 Å². The summed E-state index contributed by atoms with van der Waals surface area (Å²) in [5.74, 6) is 0.234. The Morgan fingerprint density at radius 2 is 1.72 bits per heavy atom. The highest BCUT2D eigenvalue weighted by Gasteiger charge is 2.32. The van der Waals surface area contributed by atoms with Gasteiger partial charge in [-0.25, -0.2) is 0 Å². The summed E-state index contributed by atoms with van der Waals surface area (Å²) in [7, 11) is 1.93. The first-order valence-electron chi connectivity index (χ1n) is 9.77. The first-order valence-corrected chi connectivity index (χ1v) is 10.2. The van der Waals surface area contributed by atoms with Gasteiger partial charge in [0.15, 0.2) is 11.4 Å². The minimum atomic E-state index is -0.235. The third kappa shape index (κ3) is 2.96. The number of aromatic nitrogens is 1. The smallest absolute Gasteiger partial charge is 0.194 e. The van der Waals surface area contributed by atoms with Gasteiger partial charge >= 0.3 is 0 Å². The number of hydrogen-bond acceptors (Lipinski definition) is 4. The van der Waals surface area contributed by atoms with E-state index < -0.39 is 0 Å². The van der Waals surface area contributed by atoms with Crippen LogP contribution in [0.15, 0.2) is 76.2 Å². The molecule has 32 heavy (non-hydrogen) atoms. The molecule has 6 heteroatoms. The van der Waals surface area contributed by atoms with E-state index in [0.717, 1.165) is 16.8 Å². The highest BCUT2D eigenvalue weighted by molar-refractivity contribution is 6.30. The summed E-state index contributed by atoms with van der Waals surface area (Å²) in [6.45, 7) is 0. The molecule has 0 bridgehead atoms. The van der Waals surface area contributed by atoms with Crippen molar-refractivity contribution in [1.82, 2.24) is 4.57 Å². The average Bonchev–Trinajstić information content (AvgIpc) is 3.43. The number of carbonyl (C=O) groups is 1. The average molecular weight is 436 g/mol. The zero-order chi connectivity index (χ0) is 22.4. The van der Waals surface area contributed by atoms with Crippen LogP contribution in [-0.4, -0.2) is 10.4 Å². The molecule has 0 spiro atoms. The van der Waals surface area contributed by atoms with Crippen molar-refractivity contribution < 1.29 is 9.21 Å². The Hall–Kier alpha value is -4.32. The molecule has 152 valence electrons. The molecule has 5 rings (SSSR count). The molecule has 5 nitrogen and oxygen atoms in total. The molecule has 0 aliphatic heterocycles.